The molecule has 14 heavy (non-hydrogen) atoms. The molecule has 74 valence electrons. The fraction of sp³-hybridized carbons (Fsp3) is 0.222. The molecule has 0 saturated carbocycles. The van der Waals surface area contributed by atoms with Gasteiger partial charge in [-0.15, -0.1) is 11.3 Å². The summed E-state index contributed by atoms with van der Waals surface area (Å²) in [5, 5.41) is 12.8. The molecule has 0 aliphatic rings. The molecule has 2 aromatic rings. The van der Waals surface area contributed by atoms with Crippen LogP contribution in [0.3, 0.4) is 0 Å². The minimum atomic E-state index is -0.673. The van der Waals surface area contributed by atoms with Crippen molar-refractivity contribution in [3.63, 3.8) is 0 Å². The van der Waals surface area contributed by atoms with Crippen molar-refractivity contribution in [3.05, 3.63) is 39.7 Å². The third-order valence-corrected chi connectivity index (χ3v) is 2.78. The summed E-state index contributed by atoms with van der Waals surface area (Å²) in [6.45, 7) is 0. The molecule has 3 nitrogen and oxygen atoms in total. The van der Waals surface area contributed by atoms with E-state index in [0.29, 0.717) is 12.2 Å². The van der Waals surface area contributed by atoms with E-state index in [1.165, 1.54) is 11.3 Å². The lowest BCUT2D eigenvalue weighted by Crippen LogP contribution is -1.99. The zero-order valence-corrected chi connectivity index (χ0v) is 8.76. The summed E-state index contributed by atoms with van der Waals surface area (Å²) >= 11 is 7.10. The number of furan rings is 1. The van der Waals surface area contributed by atoms with Crippen molar-refractivity contribution in [1.29, 1.82) is 0 Å². The maximum atomic E-state index is 9.72. The molecule has 0 saturated heterocycles. The minimum absolute atomic E-state index is 0.290. The lowest BCUT2D eigenvalue weighted by Gasteiger charge is -2.03. The molecule has 0 amide bonds. The van der Waals surface area contributed by atoms with Crippen LogP contribution < -0.4 is 0 Å². The van der Waals surface area contributed by atoms with Gasteiger partial charge in [0.1, 0.15) is 11.9 Å². The van der Waals surface area contributed by atoms with E-state index in [9.17, 15) is 5.11 Å². The predicted molar refractivity (Wildman–Crippen MR) is 54.5 cm³/mol. The molecule has 2 aromatic heterocycles. The Bertz CT molecular complexity index is 399. The molecule has 5 heteroatoms. The Hall–Kier alpha value is -0.840. The van der Waals surface area contributed by atoms with Gasteiger partial charge in [0.05, 0.1) is 5.01 Å². The van der Waals surface area contributed by atoms with Crippen LogP contribution in [0.5, 0.6) is 0 Å². The van der Waals surface area contributed by atoms with Crippen molar-refractivity contribution < 1.29 is 9.52 Å². The van der Waals surface area contributed by atoms with Gasteiger partial charge in [0.2, 0.25) is 0 Å². The van der Waals surface area contributed by atoms with Crippen molar-refractivity contribution in [2.24, 2.45) is 0 Å². The number of aliphatic hydroxyl groups excluding tert-OH is 1. The molecule has 2 rings (SSSR count). The highest BCUT2D eigenvalue weighted by Gasteiger charge is 2.13. The molecule has 0 aliphatic heterocycles. The van der Waals surface area contributed by atoms with Crippen LogP contribution in [0.4, 0.5) is 0 Å². The summed E-state index contributed by atoms with van der Waals surface area (Å²) in [4.78, 5) is 4.07. The average molecular weight is 230 g/mol. The van der Waals surface area contributed by atoms with Gasteiger partial charge in [-0.2, -0.15) is 0 Å². The van der Waals surface area contributed by atoms with E-state index in [2.05, 4.69) is 4.98 Å². The van der Waals surface area contributed by atoms with Crippen LogP contribution in [-0.4, -0.2) is 10.1 Å². The quantitative estimate of drug-likeness (QED) is 0.880. The third kappa shape index (κ3) is 2.15. The molecule has 1 N–H and O–H groups in total. The van der Waals surface area contributed by atoms with E-state index in [4.69, 9.17) is 16.0 Å². The summed E-state index contributed by atoms with van der Waals surface area (Å²) in [6, 6.07) is 3.28. The minimum Gasteiger partial charge on any atom is -0.447 e. The fourth-order valence-electron chi connectivity index (χ4n) is 1.13. The van der Waals surface area contributed by atoms with Crippen molar-refractivity contribution in [2.45, 2.75) is 12.5 Å². The van der Waals surface area contributed by atoms with E-state index >= 15 is 0 Å². The summed E-state index contributed by atoms with van der Waals surface area (Å²) in [6.07, 6.45) is 1.50. The van der Waals surface area contributed by atoms with Gasteiger partial charge in [-0.05, 0) is 23.7 Å². The highest BCUT2D eigenvalue weighted by Crippen LogP contribution is 2.23. The van der Waals surface area contributed by atoms with Crippen LogP contribution in [0.25, 0.3) is 0 Å². The Balaban J connectivity index is 2.06. The van der Waals surface area contributed by atoms with Crippen LogP contribution in [0.1, 0.15) is 16.9 Å². The molecular weight excluding hydrogens is 222 g/mol. The van der Waals surface area contributed by atoms with Gasteiger partial charge in [0.15, 0.2) is 5.22 Å². The number of hydrogen-bond acceptors (Lipinski definition) is 4. The second-order valence-electron chi connectivity index (χ2n) is 2.79. The maximum Gasteiger partial charge on any atom is 0.193 e. The standard InChI is InChI=1S/C9H8ClNO2S/c10-8-2-1-7(13-8)6(12)5-9-11-3-4-14-9/h1-4,6,12H,5H2. The van der Waals surface area contributed by atoms with Gasteiger partial charge < -0.3 is 9.52 Å². The summed E-state index contributed by atoms with van der Waals surface area (Å²) < 4.78 is 5.09. The average Bonchev–Trinajstić information content (AvgIpc) is 2.75. The number of nitrogens with zero attached hydrogens (tertiary/aromatic N) is 1. The Morgan fingerprint density at radius 3 is 3.00 bits per heavy atom. The van der Waals surface area contributed by atoms with Gasteiger partial charge in [0, 0.05) is 18.0 Å². The molecular formula is C9H8ClNO2S. The van der Waals surface area contributed by atoms with Crippen LogP contribution in [0, 0.1) is 0 Å². The van der Waals surface area contributed by atoms with Crippen molar-refractivity contribution >= 4 is 22.9 Å². The molecule has 0 aliphatic carbocycles. The smallest absolute Gasteiger partial charge is 0.193 e. The second-order valence-corrected chi connectivity index (χ2v) is 4.14. The molecule has 2 heterocycles. The number of thiazole rings is 1. The Morgan fingerprint density at radius 1 is 1.57 bits per heavy atom. The molecule has 0 aromatic carbocycles. The Morgan fingerprint density at radius 2 is 2.43 bits per heavy atom. The molecule has 0 radical (unpaired) electrons. The monoisotopic (exact) mass is 229 g/mol. The first-order chi connectivity index (χ1) is 6.75. The first-order valence-electron chi connectivity index (χ1n) is 4.07. The van der Waals surface area contributed by atoms with Gasteiger partial charge in [-0.25, -0.2) is 4.98 Å². The number of hydrogen-bond donors (Lipinski definition) is 1. The molecule has 0 spiro atoms. The normalized spacial score (nSPS) is 13.0. The summed E-state index contributed by atoms with van der Waals surface area (Å²) in [5.74, 6) is 0.477. The highest BCUT2D eigenvalue weighted by atomic mass is 35.5. The topological polar surface area (TPSA) is 46.3 Å². The van der Waals surface area contributed by atoms with E-state index in [-0.39, 0.29) is 5.22 Å². The van der Waals surface area contributed by atoms with Gasteiger partial charge >= 0.3 is 0 Å². The first-order valence-corrected chi connectivity index (χ1v) is 5.33. The number of rotatable bonds is 3. The van der Waals surface area contributed by atoms with E-state index in [1.807, 2.05) is 5.38 Å². The SMILES string of the molecule is OC(Cc1nccs1)c1ccc(Cl)o1. The largest absolute Gasteiger partial charge is 0.447 e. The van der Waals surface area contributed by atoms with Crippen molar-refractivity contribution in [2.75, 3.05) is 0 Å². The van der Waals surface area contributed by atoms with Gasteiger partial charge in [0.25, 0.3) is 0 Å². The molecule has 1 atom stereocenters. The van der Waals surface area contributed by atoms with Gasteiger partial charge in [-0.1, -0.05) is 0 Å². The third-order valence-electron chi connectivity index (χ3n) is 1.77. The zero-order valence-electron chi connectivity index (χ0n) is 7.18. The van der Waals surface area contributed by atoms with Crippen molar-refractivity contribution in [1.82, 2.24) is 4.98 Å². The number of halogens is 1. The lowest BCUT2D eigenvalue weighted by atomic mass is 10.2. The van der Waals surface area contributed by atoms with Crippen LogP contribution in [-0.2, 0) is 6.42 Å². The predicted octanol–water partition coefficient (Wildman–Crippen LogP) is 2.67. The molecule has 1 unspecified atom stereocenters. The fourth-order valence-corrected chi connectivity index (χ4v) is 1.93. The second kappa shape index (κ2) is 4.13. The Labute approximate surface area is 90.0 Å². The first kappa shape index (κ1) is 9.71. The maximum absolute atomic E-state index is 9.72. The van der Waals surface area contributed by atoms with E-state index in [1.54, 1.807) is 18.3 Å². The van der Waals surface area contributed by atoms with Gasteiger partial charge in [-0.3, -0.25) is 0 Å². The van der Waals surface area contributed by atoms with Crippen LogP contribution in [0.2, 0.25) is 5.22 Å². The van der Waals surface area contributed by atoms with Crippen LogP contribution in [0.15, 0.2) is 28.1 Å². The number of aliphatic hydroxyl groups is 1. The van der Waals surface area contributed by atoms with E-state index in [0.717, 1.165) is 5.01 Å². The van der Waals surface area contributed by atoms with Crippen LogP contribution >= 0.6 is 22.9 Å². The molecule has 0 fully saturated rings. The summed E-state index contributed by atoms with van der Waals surface area (Å²) in [5.41, 5.74) is 0. The highest BCUT2D eigenvalue weighted by molar-refractivity contribution is 7.09. The molecule has 0 bridgehead atoms. The number of aromatic nitrogens is 1. The Kier molecular flexibility index (Phi) is 2.86. The lowest BCUT2D eigenvalue weighted by molar-refractivity contribution is 0.150. The van der Waals surface area contributed by atoms with Crippen molar-refractivity contribution in [3.8, 4) is 0 Å². The van der Waals surface area contributed by atoms with E-state index < -0.39 is 6.10 Å². The summed E-state index contributed by atoms with van der Waals surface area (Å²) in [7, 11) is 0. The zero-order chi connectivity index (χ0) is 9.97.